The van der Waals surface area contributed by atoms with E-state index >= 15 is 0 Å². The van der Waals surface area contributed by atoms with Crippen molar-refractivity contribution in [3.05, 3.63) is 105 Å². The molecule has 0 saturated carbocycles. The molecule has 1 aliphatic rings. The number of aliphatic carboxylic acids is 1. The minimum absolute atomic E-state index is 0.0816. The van der Waals surface area contributed by atoms with Gasteiger partial charge < -0.3 is 14.7 Å². The van der Waals surface area contributed by atoms with Crippen molar-refractivity contribution in [1.82, 2.24) is 9.21 Å². The third-order valence-electron chi connectivity index (χ3n) is 8.14. The van der Waals surface area contributed by atoms with Gasteiger partial charge in [-0.05, 0) is 73.2 Å². The van der Waals surface area contributed by atoms with Crippen LogP contribution in [-0.2, 0) is 31.6 Å². The minimum Gasteiger partial charge on any atom is -0.481 e. The lowest BCUT2D eigenvalue weighted by Crippen LogP contribution is -2.60. The van der Waals surface area contributed by atoms with Gasteiger partial charge in [0.2, 0.25) is 10.9 Å². The number of ether oxygens (including phenoxy) is 1. The normalized spacial score (nSPS) is 19.8. The first kappa shape index (κ1) is 34.8. The monoisotopic (exact) mass is 678 g/mol. The summed E-state index contributed by atoms with van der Waals surface area (Å²) in [4.78, 5) is 27.8. The van der Waals surface area contributed by atoms with Crippen LogP contribution in [0.4, 0.5) is 4.39 Å². The van der Waals surface area contributed by atoms with Gasteiger partial charge >= 0.3 is 5.97 Å². The maximum Gasteiger partial charge on any atom is 0.306 e. The zero-order chi connectivity index (χ0) is 33.1. The third kappa shape index (κ3) is 8.23. The average Bonchev–Trinajstić information content (AvgIpc) is 2.95. The van der Waals surface area contributed by atoms with Crippen LogP contribution in [0.2, 0.25) is 10.0 Å². The second-order valence-electron chi connectivity index (χ2n) is 12.2. The summed E-state index contributed by atoms with van der Waals surface area (Å²) < 4.78 is 48.0. The van der Waals surface area contributed by atoms with Crippen molar-refractivity contribution < 1.29 is 32.2 Å². The van der Waals surface area contributed by atoms with Crippen LogP contribution in [-0.4, -0.2) is 58.8 Å². The number of morpholine rings is 1. The van der Waals surface area contributed by atoms with Crippen molar-refractivity contribution >= 4 is 46.0 Å². The van der Waals surface area contributed by atoms with Gasteiger partial charge in [-0.15, -0.1) is 0 Å². The number of benzene rings is 3. The van der Waals surface area contributed by atoms with Crippen LogP contribution in [0.25, 0.3) is 0 Å². The van der Waals surface area contributed by atoms with Gasteiger partial charge in [0.25, 0.3) is 5.91 Å². The second-order valence-corrected chi connectivity index (χ2v) is 14.0. The van der Waals surface area contributed by atoms with Gasteiger partial charge in [0, 0.05) is 28.2 Å². The van der Waals surface area contributed by atoms with Gasteiger partial charge in [-0.3, -0.25) is 9.59 Å². The van der Waals surface area contributed by atoms with E-state index in [1.165, 1.54) is 10.4 Å². The molecule has 0 aliphatic carbocycles. The van der Waals surface area contributed by atoms with Crippen LogP contribution < -0.4 is 0 Å². The average molecular weight is 680 g/mol. The van der Waals surface area contributed by atoms with E-state index in [0.29, 0.717) is 26.7 Å². The molecule has 0 radical (unpaired) electrons. The number of rotatable bonds is 12. The Morgan fingerprint density at radius 1 is 1.02 bits per heavy atom. The van der Waals surface area contributed by atoms with E-state index in [1.807, 2.05) is 13.8 Å². The summed E-state index contributed by atoms with van der Waals surface area (Å²) in [6.45, 7) is 7.03. The Morgan fingerprint density at radius 3 is 2.27 bits per heavy atom. The van der Waals surface area contributed by atoms with Crippen LogP contribution in [0.15, 0.2) is 72.8 Å². The first-order chi connectivity index (χ1) is 21.2. The fourth-order valence-corrected chi connectivity index (χ4v) is 7.03. The number of hydrogen-bond acceptors (Lipinski definition) is 5. The molecule has 1 fully saturated rings. The molecule has 1 heterocycles. The number of halogens is 3. The van der Waals surface area contributed by atoms with Crippen molar-refractivity contribution in [1.29, 1.82) is 0 Å². The standard InChI is InChI=1S/C33H37Cl2FN2O6S/c1-20(2)27(19-37(45(42)43)33(3,4)18-23-8-5-6-11-26(23)36)38-30(21-12-14-24(34)15-13-21)31(22-9-7-10-25(35)16-22)44-28(32(38)41)17-29(39)40/h5-16,20,27-28,30-31,45H,17-19H2,1-4H3,(H,39,40)/t27-,28-,30-,31-/m1/s1. The molecule has 1 N–H and O–H groups in total. The lowest BCUT2D eigenvalue weighted by atomic mass is 9.87. The number of carbonyl (C=O) groups is 2. The molecule has 3 aromatic carbocycles. The van der Waals surface area contributed by atoms with E-state index in [0.717, 1.165) is 0 Å². The minimum atomic E-state index is -3.19. The number of carbonyl (C=O) groups excluding carboxylic acids is 1. The molecule has 4 rings (SSSR count). The lowest BCUT2D eigenvalue weighted by Gasteiger charge is -2.50. The Labute approximate surface area is 274 Å². The van der Waals surface area contributed by atoms with Crippen LogP contribution in [0.5, 0.6) is 0 Å². The fraction of sp³-hybridized carbons (Fsp3) is 0.394. The summed E-state index contributed by atoms with van der Waals surface area (Å²) in [5.41, 5.74) is 0.544. The highest BCUT2D eigenvalue weighted by Gasteiger charge is 2.49. The van der Waals surface area contributed by atoms with Gasteiger partial charge in [-0.25, -0.2) is 12.8 Å². The summed E-state index contributed by atoms with van der Waals surface area (Å²) in [6.07, 6.45) is -2.72. The van der Waals surface area contributed by atoms with Gasteiger partial charge in [-0.1, -0.05) is 79.5 Å². The highest BCUT2D eigenvalue weighted by molar-refractivity contribution is 7.69. The molecule has 4 atom stereocenters. The summed E-state index contributed by atoms with van der Waals surface area (Å²) >= 11 is 12.6. The van der Waals surface area contributed by atoms with Crippen molar-refractivity contribution in [2.45, 2.75) is 70.4 Å². The molecular weight excluding hydrogens is 642 g/mol. The number of carboxylic acid groups (broad SMARTS) is 1. The highest BCUT2D eigenvalue weighted by atomic mass is 35.5. The summed E-state index contributed by atoms with van der Waals surface area (Å²) in [5, 5.41) is 10.6. The Hall–Kier alpha value is -3.02. The number of nitrogens with zero attached hydrogens (tertiary/aromatic N) is 2. The predicted octanol–water partition coefficient (Wildman–Crippen LogP) is 6.49. The molecule has 45 heavy (non-hydrogen) atoms. The quantitative estimate of drug-likeness (QED) is 0.212. The lowest BCUT2D eigenvalue weighted by molar-refractivity contribution is -0.185. The third-order valence-corrected chi connectivity index (χ3v) is 9.73. The fourth-order valence-electron chi connectivity index (χ4n) is 5.89. The van der Waals surface area contributed by atoms with E-state index in [9.17, 15) is 27.5 Å². The van der Waals surface area contributed by atoms with Crippen molar-refractivity contribution in [3.63, 3.8) is 0 Å². The van der Waals surface area contributed by atoms with Gasteiger partial charge in [0.15, 0.2) is 0 Å². The molecular formula is C33H37Cl2FN2O6S. The van der Waals surface area contributed by atoms with Crippen LogP contribution in [0, 0.1) is 11.7 Å². The number of amides is 1. The second kappa shape index (κ2) is 14.6. The number of thiol groups is 1. The summed E-state index contributed by atoms with van der Waals surface area (Å²) in [7, 11) is -3.19. The van der Waals surface area contributed by atoms with Crippen molar-refractivity contribution in [2.75, 3.05) is 6.54 Å². The zero-order valence-electron chi connectivity index (χ0n) is 25.4. The van der Waals surface area contributed by atoms with E-state index in [4.69, 9.17) is 27.9 Å². The smallest absolute Gasteiger partial charge is 0.306 e. The largest absolute Gasteiger partial charge is 0.481 e. The number of hydrogen-bond donors (Lipinski definition) is 2. The first-order valence-electron chi connectivity index (χ1n) is 14.5. The number of carboxylic acids is 1. The Morgan fingerprint density at radius 2 is 1.69 bits per heavy atom. The molecule has 0 aromatic heterocycles. The summed E-state index contributed by atoms with van der Waals surface area (Å²) in [5.74, 6) is -2.55. The molecule has 1 aliphatic heterocycles. The van der Waals surface area contributed by atoms with Gasteiger partial charge in [0.05, 0.1) is 12.5 Å². The molecule has 12 heteroatoms. The first-order valence-corrected chi connectivity index (χ1v) is 16.4. The highest BCUT2D eigenvalue weighted by Crippen LogP contribution is 2.45. The van der Waals surface area contributed by atoms with E-state index < -0.39 is 64.8 Å². The van der Waals surface area contributed by atoms with Crippen LogP contribution in [0.1, 0.15) is 63.0 Å². The molecule has 0 bridgehead atoms. The topological polar surface area (TPSA) is 104 Å². The maximum atomic E-state index is 14.7. The van der Waals surface area contributed by atoms with Crippen molar-refractivity contribution in [2.24, 2.45) is 5.92 Å². The molecule has 1 amide bonds. The summed E-state index contributed by atoms with van der Waals surface area (Å²) in [6, 6.07) is 18.5. The van der Waals surface area contributed by atoms with E-state index in [1.54, 1.807) is 85.5 Å². The van der Waals surface area contributed by atoms with Gasteiger partial charge in [0.1, 0.15) is 18.0 Å². The van der Waals surface area contributed by atoms with Gasteiger partial charge in [-0.2, -0.15) is 4.31 Å². The van der Waals surface area contributed by atoms with E-state index in [-0.39, 0.29) is 18.9 Å². The maximum absolute atomic E-state index is 14.7. The Bertz CT molecular complexity index is 1590. The zero-order valence-corrected chi connectivity index (χ0v) is 27.8. The van der Waals surface area contributed by atoms with Crippen molar-refractivity contribution in [3.8, 4) is 0 Å². The molecule has 8 nitrogen and oxygen atoms in total. The SMILES string of the molecule is CC(C)[C@@H](CN([SH](=O)=O)C(C)(C)Cc1ccccc1F)N1C(=O)[C@@H](CC(=O)O)O[C@H](c2cccc(Cl)c2)[C@H]1c1ccc(Cl)cc1. The van der Waals surface area contributed by atoms with Crippen LogP contribution in [0.3, 0.4) is 0 Å². The molecule has 1 saturated heterocycles. The predicted molar refractivity (Wildman–Crippen MR) is 172 cm³/mol. The molecule has 3 aromatic rings. The molecule has 0 unspecified atom stereocenters. The molecule has 242 valence electrons. The van der Waals surface area contributed by atoms with Crippen LogP contribution >= 0.6 is 23.2 Å². The Balaban J connectivity index is 1.86. The van der Waals surface area contributed by atoms with E-state index in [2.05, 4.69) is 0 Å². The molecule has 0 spiro atoms. The Kier molecular flexibility index (Phi) is 11.3.